The minimum absolute atomic E-state index is 0.142. The summed E-state index contributed by atoms with van der Waals surface area (Å²) in [7, 11) is 1.75. The Morgan fingerprint density at radius 3 is 2.72 bits per heavy atom. The molecule has 1 saturated heterocycles. The maximum atomic E-state index is 13.4. The van der Waals surface area contributed by atoms with Crippen molar-refractivity contribution >= 4 is 12.0 Å². The quantitative estimate of drug-likeness (QED) is 0.347. The summed E-state index contributed by atoms with van der Waals surface area (Å²) >= 11 is 0. The van der Waals surface area contributed by atoms with Crippen LogP contribution in [0.3, 0.4) is 0 Å². The number of piperidine rings is 1. The highest BCUT2D eigenvalue weighted by molar-refractivity contribution is 5.92. The first kappa shape index (κ1) is 28.0. The molecule has 3 aromatic rings. The minimum atomic E-state index is -4.45. The van der Waals surface area contributed by atoms with Crippen molar-refractivity contribution in [1.29, 1.82) is 0 Å². The summed E-state index contributed by atoms with van der Waals surface area (Å²) in [6.07, 6.45) is 2.51. The number of likely N-dealkylation sites (tertiary alicyclic amines) is 1. The molecule has 2 fully saturated rings. The van der Waals surface area contributed by atoms with Gasteiger partial charge in [0.15, 0.2) is 11.5 Å². The van der Waals surface area contributed by atoms with Gasteiger partial charge in [-0.2, -0.15) is 13.2 Å². The van der Waals surface area contributed by atoms with Crippen molar-refractivity contribution in [3.8, 4) is 11.5 Å². The Bertz CT molecular complexity index is 1570. The lowest BCUT2D eigenvalue weighted by Gasteiger charge is -2.60. The number of nitrogens with zero attached hydrogens (tertiary/aromatic N) is 2. The maximum Gasteiger partial charge on any atom is 0.416 e. The van der Waals surface area contributed by atoms with Crippen molar-refractivity contribution in [2.24, 2.45) is 5.92 Å². The zero-order chi connectivity index (χ0) is 29.9. The summed E-state index contributed by atoms with van der Waals surface area (Å²) < 4.78 is 46.2. The highest BCUT2D eigenvalue weighted by Gasteiger charge is 2.66. The van der Waals surface area contributed by atoms with E-state index in [1.165, 1.54) is 29.3 Å². The highest BCUT2D eigenvalue weighted by Crippen LogP contribution is 2.64. The van der Waals surface area contributed by atoms with Crippen LogP contribution < -0.4 is 4.74 Å². The van der Waals surface area contributed by atoms with Crippen LogP contribution in [0.5, 0.6) is 11.5 Å². The number of phenolic OH excluding ortho intramolecular Hbond substituents is 1. The van der Waals surface area contributed by atoms with E-state index >= 15 is 0 Å². The molecule has 5 atom stereocenters. The molecule has 1 N–H and O–H groups in total. The second kappa shape index (κ2) is 10.4. The Hall–Kier alpha value is -3.78. The first-order valence-corrected chi connectivity index (χ1v) is 15.1. The fourth-order valence-corrected chi connectivity index (χ4v) is 8.46. The topological polar surface area (TPSA) is 53.0 Å². The number of halogens is 3. The van der Waals surface area contributed by atoms with Crippen molar-refractivity contribution in [1.82, 2.24) is 9.80 Å². The van der Waals surface area contributed by atoms with Crippen LogP contribution in [0.2, 0.25) is 0 Å². The summed E-state index contributed by atoms with van der Waals surface area (Å²) in [5.74, 6) is 0.770. The van der Waals surface area contributed by atoms with Crippen LogP contribution in [0.25, 0.3) is 6.08 Å². The van der Waals surface area contributed by atoms with E-state index in [1.54, 1.807) is 24.1 Å². The van der Waals surface area contributed by atoms with Gasteiger partial charge in [0.1, 0.15) is 6.10 Å². The van der Waals surface area contributed by atoms with Crippen LogP contribution in [0.1, 0.15) is 47.1 Å². The van der Waals surface area contributed by atoms with Gasteiger partial charge >= 0.3 is 6.18 Å². The molecule has 43 heavy (non-hydrogen) atoms. The molecule has 224 valence electrons. The standard InChI is InChI=1S/C35H35F3N2O3/c1-39(30(42)15-10-23-8-5-9-25(20-23)35(36,37)38)27-13-12-26-28-21-24-11-14-29(41)32-31(24)34(26,33(27)43-32)17-19-40(28)18-16-22-6-3-2-4-7-22/h2-11,14-15,20,26-28,33,41H,12-13,16-19,21H2,1H3/b15-10+/t26-,27?,28+,33?,34-/m0/s1. The minimum Gasteiger partial charge on any atom is -0.504 e. The molecular weight excluding hydrogens is 553 g/mol. The van der Waals surface area contributed by atoms with Crippen molar-refractivity contribution in [3.05, 3.63) is 101 Å². The smallest absolute Gasteiger partial charge is 0.416 e. The average Bonchev–Trinajstić information content (AvgIpc) is 3.36. The molecule has 1 amide bonds. The molecule has 5 nitrogen and oxygen atoms in total. The molecule has 2 heterocycles. The number of amides is 1. The number of benzene rings is 3. The van der Waals surface area contributed by atoms with E-state index in [1.807, 2.05) is 12.1 Å². The number of hydrogen-bond acceptors (Lipinski definition) is 4. The normalized spacial score (nSPS) is 27.5. The van der Waals surface area contributed by atoms with Crippen LogP contribution in [-0.2, 0) is 29.2 Å². The maximum absolute atomic E-state index is 13.4. The van der Waals surface area contributed by atoms with Gasteiger partial charge in [0, 0.05) is 36.7 Å². The summed E-state index contributed by atoms with van der Waals surface area (Å²) in [4.78, 5) is 17.8. The monoisotopic (exact) mass is 588 g/mol. The fraction of sp³-hybridized carbons (Fsp3) is 0.400. The van der Waals surface area contributed by atoms with Crippen LogP contribution in [0.4, 0.5) is 13.2 Å². The average molecular weight is 589 g/mol. The van der Waals surface area contributed by atoms with Gasteiger partial charge < -0.3 is 14.7 Å². The van der Waals surface area contributed by atoms with Gasteiger partial charge in [-0.25, -0.2) is 0 Å². The predicted octanol–water partition coefficient (Wildman–Crippen LogP) is 6.23. The zero-order valence-corrected chi connectivity index (χ0v) is 24.1. The summed E-state index contributed by atoms with van der Waals surface area (Å²) in [5.41, 5.74) is 2.96. The largest absolute Gasteiger partial charge is 0.504 e. The molecule has 2 aliphatic carbocycles. The van der Waals surface area contributed by atoms with Gasteiger partial charge in [-0.3, -0.25) is 9.69 Å². The Morgan fingerprint density at radius 1 is 1.12 bits per heavy atom. The van der Waals surface area contributed by atoms with Crippen LogP contribution in [-0.4, -0.2) is 59.1 Å². The van der Waals surface area contributed by atoms with E-state index in [-0.39, 0.29) is 29.2 Å². The van der Waals surface area contributed by atoms with Gasteiger partial charge in [0.2, 0.25) is 5.91 Å². The summed E-state index contributed by atoms with van der Waals surface area (Å²) in [6, 6.07) is 19.4. The Balaban J connectivity index is 1.16. The molecule has 3 aromatic carbocycles. The van der Waals surface area contributed by atoms with Crippen molar-refractivity contribution in [2.75, 3.05) is 20.1 Å². The van der Waals surface area contributed by atoms with E-state index in [0.717, 1.165) is 62.9 Å². The van der Waals surface area contributed by atoms with E-state index in [4.69, 9.17) is 4.74 Å². The lowest BCUT2D eigenvalue weighted by Crippen LogP contribution is -2.69. The molecule has 2 unspecified atom stereocenters. The number of carbonyl (C=O) groups excluding carboxylic acids is 1. The van der Waals surface area contributed by atoms with Crippen molar-refractivity contribution in [3.63, 3.8) is 0 Å². The highest BCUT2D eigenvalue weighted by atomic mass is 19.4. The fourth-order valence-electron chi connectivity index (χ4n) is 8.46. The van der Waals surface area contributed by atoms with E-state index in [0.29, 0.717) is 23.3 Å². The number of carbonyl (C=O) groups is 1. The van der Waals surface area contributed by atoms with Crippen LogP contribution >= 0.6 is 0 Å². The number of ether oxygens (including phenoxy) is 1. The Labute approximate surface area is 249 Å². The molecule has 2 bridgehead atoms. The molecule has 1 saturated carbocycles. The van der Waals surface area contributed by atoms with Crippen molar-refractivity contribution < 1.29 is 27.8 Å². The third-order valence-electron chi connectivity index (χ3n) is 10.4. The molecule has 8 heteroatoms. The molecule has 7 rings (SSSR count). The lowest BCUT2D eigenvalue weighted by molar-refractivity contribution is -0.137. The van der Waals surface area contributed by atoms with Gasteiger partial charge in [0.05, 0.1) is 11.6 Å². The summed E-state index contributed by atoms with van der Waals surface area (Å²) in [6.45, 7) is 1.90. The van der Waals surface area contributed by atoms with Crippen LogP contribution in [0, 0.1) is 5.92 Å². The number of phenols is 1. The Kier molecular flexibility index (Phi) is 6.80. The first-order valence-electron chi connectivity index (χ1n) is 15.1. The number of hydrogen-bond donors (Lipinski definition) is 1. The second-order valence-corrected chi connectivity index (χ2v) is 12.5. The predicted molar refractivity (Wildman–Crippen MR) is 158 cm³/mol. The van der Waals surface area contributed by atoms with Crippen LogP contribution in [0.15, 0.2) is 72.8 Å². The summed E-state index contributed by atoms with van der Waals surface area (Å²) in [5, 5.41) is 10.9. The van der Waals surface area contributed by atoms with Gasteiger partial charge in [-0.1, -0.05) is 48.5 Å². The second-order valence-electron chi connectivity index (χ2n) is 12.5. The van der Waals surface area contributed by atoms with E-state index < -0.39 is 11.7 Å². The Morgan fingerprint density at radius 2 is 1.93 bits per heavy atom. The molecule has 0 radical (unpaired) electrons. The first-order chi connectivity index (χ1) is 20.7. The van der Waals surface area contributed by atoms with Crippen molar-refractivity contribution in [2.45, 2.75) is 61.9 Å². The van der Waals surface area contributed by atoms with Gasteiger partial charge in [0.25, 0.3) is 0 Å². The number of aromatic hydroxyl groups is 1. The van der Waals surface area contributed by atoms with E-state index in [2.05, 4.69) is 29.2 Å². The number of likely N-dealkylation sites (N-methyl/N-ethyl adjacent to an activating group) is 1. The molecule has 4 aliphatic rings. The number of rotatable bonds is 6. The van der Waals surface area contributed by atoms with Gasteiger partial charge in [-0.05, 0) is 85.5 Å². The zero-order valence-electron chi connectivity index (χ0n) is 24.1. The molecule has 0 aromatic heterocycles. The number of alkyl halides is 3. The lowest BCUT2D eigenvalue weighted by atomic mass is 9.51. The molecule has 1 spiro atoms. The SMILES string of the molecule is CN(C(=O)/C=C/c1cccc(C(F)(F)F)c1)C1CC[C@H]2[C@H]3Cc4ccc(O)c5c4[C@@]2(CCN3CCc2ccccc2)C1O5. The van der Waals surface area contributed by atoms with Gasteiger partial charge in [-0.15, -0.1) is 0 Å². The van der Waals surface area contributed by atoms with E-state index in [9.17, 15) is 23.1 Å². The molecule has 2 aliphatic heterocycles. The third kappa shape index (κ3) is 4.62. The molecular formula is C35H35F3N2O3. The third-order valence-corrected chi connectivity index (χ3v) is 10.4.